The average Bonchev–Trinajstić information content (AvgIpc) is 2.47. The summed E-state index contributed by atoms with van der Waals surface area (Å²) in [6.45, 7) is 0. The molecule has 0 fully saturated rings. The van der Waals surface area contributed by atoms with Crippen LogP contribution >= 0.6 is 34.8 Å². The first-order chi connectivity index (χ1) is 9.97. The zero-order valence-electron chi connectivity index (χ0n) is 10.2. The van der Waals surface area contributed by atoms with Crippen LogP contribution in [-0.2, 0) is 0 Å². The molecule has 1 N–H and O–H groups in total. The third-order valence-electron chi connectivity index (χ3n) is 2.57. The van der Waals surface area contributed by atoms with Crippen LogP contribution in [0.3, 0.4) is 0 Å². The summed E-state index contributed by atoms with van der Waals surface area (Å²) in [4.78, 5) is 11.3. The Labute approximate surface area is 135 Å². The third kappa shape index (κ3) is 2.91. The van der Waals surface area contributed by atoms with Gasteiger partial charge in [-0.1, -0.05) is 53.0 Å². The van der Waals surface area contributed by atoms with Gasteiger partial charge in [-0.3, -0.25) is 0 Å². The lowest BCUT2D eigenvalue weighted by atomic mass is 10.1. The summed E-state index contributed by atoms with van der Waals surface area (Å²) in [7, 11) is 0. The fourth-order valence-corrected chi connectivity index (χ4v) is 2.45. The maximum absolute atomic E-state index is 11.3. The number of carbonyl (C=O) groups is 1. The van der Waals surface area contributed by atoms with E-state index in [1.165, 1.54) is 0 Å². The van der Waals surface area contributed by atoms with Gasteiger partial charge in [-0.2, -0.15) is 5.26 Å². The molecule has 0 aromatic heterocycles. The number of hydrogen-bond donors (Lipinski definition) is 1. The monoisotopic (exact) mass is 341 g/mol. The molecule has 2 aromatic carbocycles. The number of benzene rings is 2. The molecule has 0 bridgehead atoms. The van der Waals surface area contributed by atoms with E-state index in [-0.39, 0.29) is 26.4 Å². The normalized spacial score (nSPS) is 10.0. The average molecular weight is 343 g/mol. The number of rotatable bonds is 3. The molecule has 0 unspecified atom stereocenters. The number of hydrogen-bond acceptors (Lipinski definition) is 3. The van der Waals surface area contributed by atoms with Gasteiger partial charge >= 0.3 is 5.97 Å². The van der Waals surface area contributed by atoms with E-state index < -0.39 is 11.5 Å². The SMILES string of the molecule is N#Cc1c(Cl)c(Cl)c(Oc2ccccc2)c(Cl)c1C(=O)O. The molecule has 0 heterocycles. The molecular weight excluding hydrogens is 337 g/mol. The third-order valence-corrected chi connectivity index (χ3v) is 3.77. The van der Waals surface area contributed by atoms with Crippen molar-refractivity contribution in [1.82, 2.24) is 0 Å². The van der Waals surface area contributed by atoms with Gasteiger partial charge in [0.05, 0.1) is 10.6 Å². The molecule has 0 atom stereocenters. The van der Waals surface area contributed by atoms with Crippen molar-refractivity contribution in [3.63, 3.8) is 0 Å². The molecular formula is C14H6Cl3NO3. The number of halogens is 3. The van der Waals surface area contributed by atoms with Crippen molar-refractivity contribution in [3.8, 4) is 17.6 Å². The summed E-state index contributed by atoms with van der Waals surface area (Å²) in [6.07, 6.45) is 0. The van der Waals surface area contributed by atoms with Gasteiger partial charge in [0.2, 0.25) is 0 Å². The summed E-state index contributed by atoms with van der Waals surface area (Å²) < 4.78 is 5.49. The predicted molar refractivity (Wildman–Crippen MR) is 79.7 cm³/mol. The Morgan fingerprint density at radius 1 is 1.10 bits per heavy atom. The minimum absolute atomic E-state index is 0.106. The summed E-state index contributed by atoms with van der Waals surface area (Å²) in [6, 6.07) is 10.2. The highest BCUT2D eigenvalue weighted by molar-refractivity contribution is 6.46. The van der Waals surface area contributed by atoms with Gasteiger partial charge < -0.3 is 9.84 Å². The van der Waals surface area contributed by atoms with E-state index in [0.29, 0.717) is 5.75 Å². The molecule has 0 saturated carbocycles. The van der Waals surface area contributed by atoms with Gasteiger partial charge in [0.1, 0.15) is 27.4 Å². The highest BCUT2D eigenvalue weighted by atomic mass is 35.5. The molecule has 0 spiro atoms. The first kappa shape index (κ1) is 15.5. The summed E-state index contributed by atoms with van der Waals surface area (Å²) in [5.74, 6) is -1.10. The van der Waals surface area contributed by atoms with E-state index in [2.05, 4.69) is 0 Å². The molecule has 0 aliphatic carbocycles. The minimum atomic E-state index is -1.40. The van der Waals surface area contributed by atoms with Crippen molar-refractivity contribution in [2.75, 3.05) is 0 Å². The molecule has 106 valence electrons. The summed E-state index contributed by atoms with van der Waals surface area (Å²) in [5, 5.41) is 17.6. The number of aromatic carboxylic acids is 1. The van der Waals surface area contributed by atoms with Crippen LogP contribution in [0.15, 0.2) is 30.3 Å². The second kappa shape index (κ2) is 6.23. The molecule has 0 amide bonds. The number of nitrogens with zero attached hydrogens (tertiary/aromatic N) is 1. The fraction of sp³-hybridized carbons (Fsp3) is 0. The van der Waals surface area contributed by atoms with Gasteiger partial charge in [-0.15, -0.1) is 0 Å². The molecule has 0 aliphatic rings. The molecule has 21 heavy (non-hydrogen) atoms. The second-order valence-corrected chi connectivity index (χ2v) is 4.99. The van der Waals surface area contributed by atoms with Crippen LogP contribution in [0.25, 0.3) is 0 Å². The number of ether oxygens (including phenoxy) is 1. The van der Waals surface area contributed by atoms with Crippen LogP contribution in [0, 0.1) is 11.3 Å². The first-order valence-corrected chi connectivity index (χ1v) is 6.67. The summed E-state index contributed by atoms with van der Waals surface area (Å²) in [5.41, 5.74) is -0.751. The van der Waals surface area contributed by atoms with Crippen LogP contribution in [0.4, 0.5) is 0 Å². The van der Waals surface area contributed by atoms with Crippen molar-refractivity contribution in [3.05, 3.63) is 56.5 Å². The van der Waals surface area contributed by atoms with E-state index in [4.69, 9.17) is 44.8 Å². The molecule has 0 saturated heterocycles. The highest BCUT2D eigenvalue weighted by Gasteiger charge is 2.26. The molecule has 2 aromatic rings. The van der Waals surface area contributed by atoms with Gasteiger partial charge in [0, 0.05) is 0 Å². The lowest BCUT2D eigenvalue weighted by Crippen LogP contribution is -2.04. The van der Waals surface area contributed by atoms with Crippen molar-refractivity contribution in [2.45, 2.75) is 0 Å². The van der Waals surface area contributed by atoms with Crippen molar-refractivity contribution < 1.29 is 14.6 Å². The predicted octanol–water partition coefficient (Wildman–Crippen LogP) is 5.01. The molecule has 4 nitrogen and oxygen atoms in total. The topological polar surface area (TPSA) is 70.3 Å². The Hall–Kier alpha value is -1.93. The van der Waals surface area contributed by atoms with Gasteiger partial charge in [0.15, 0.2) is 5.75 Å². The largest absolute Gasteiger partial charge is 0.478 e. The standard InChI is InChI=1S/C14H6Cl3NO3/c15-10-8(6-18)9(14(19)20)11(16)13(12(10)17)21-7-4-2-1-3-5-7/h1-5H,(H,19,20). The Morgan fingerprint density at radius 2 is 1.71 bits per heavy atom. The smallest absolute Gasteiger partial charge is 0.338 e. The van der Waals surface area contributed by atoms with Crippen molar-refractivity contribution in [1.29, 1.82) is 5.26 Å². The van der Waals surface area contributed by atoms with E-state index in [1.807, 2.05) is 0 Å². The van der Waals surface area contributed by atoms with Crippen LogP contribution in [0.2, 0.25) is 15.1 Å². The molecule has 7 heteroatoms. The van der Waals surface area contributed by atoms with E-state index >= 15 is 0 Å². The van der Waals surface area contributed by atoms with E-state index in [9.17, 15) is 9.90 Å². The second-order valence-electron chi connectivity index (χ2n) is 3.85. The van der Waals surface area contributed by atoms with Gasteiger partial charge in [0.25, 0.3) is 0 Å². The quantitative estimate of drug-likeness (QED) is 0.796. The zero-order chi connectivity index (χ0) is 15.6. The lowest BCUT2D eigenvalue weighted by Gasteiger charge is -2.14. The fourth-order valence-electron chi connectivity index (χ4n) is 1.64. The Balaban J connectivity index is 2.68. The first-order valence-electron chi connectivity index (χ1n) is 5.54. The van der Waals surface area contributed by atoms with Crippen molar-refractivity contribution >= 4 is 40.8 Å². The summed E-state index contributed by atoms with van der Waals surface area (Å²) >= 11 is 18.0. The Bertz CT molecular complexity index is 755. The van der Waals surface area contributed by atoms with E-state index in [0.717, 1.165) is 0 Å². The lowest BCUT2D eigenvalue weighted by molar-refractivity contribution is 0.0696. The van der Waals surface area contributed by atoms with Crippen LogP contribution in [-0.4, -0.2) is 11.1 Å². The van der Waals surface area contributed by atoms with Crippen LogP contribution in [0.5, 0.6) is 11.5 Å². The van der Waals surface area contributed by atoms with Gasteiger partial charge in [-0.05, 0) is 12.1 Å². The van der Waals surface area contributed by atoms with E-state index in [1.54, 1.807) is 36.4 Å². The Morgan fingerprint density at radius 3 is 2.24 bits per heavy atom. The van der Waals surface area contributed by atoms with Crippen LogP contribution in [0.1, 0.15) is 15.9 Å². The number of nitriles is 1. The zero-order valence-corrected chi connectivity index (χ0v) is 12.5. The number of carboxylic acid groups (broad SMARTS) is 1. The molecule has 0 radical (unpaired) electrons. The number of carboxylic acids is 1. The minimum Gasteiger partial charge on any atom is -0.478 e. The Kier molecular flexibility index (Phi) is 4.59. The van der Waals surface area contributed by atoms with Gasteiger partial charge in [-0.25, -0.2) is 4.79 Å². The molecule has 2 rings (SSSR count). The highest BCUT2D eigenvalue weighted by Crippen LogP contribution is 2.45. The molecule has 0 aliphatic heterocycles. The maximum Gasteiger partial charge on any atom is 0.338 e. The maximum atomic E-state index is 11.3. The van der Waals surface area contributed by atoms with Crippen LogP contribution < -0.4 is 4.74 Å². The number of para-hydroxylation sites is 1. The van der Waals surface area contributed by atoms with Crippen molar-refractivity contribution in [2.24, 2.45) is 0 Å².